The van der Waals surface area contributed by atoms with E-state index >= 15 is 0 Å². The van der Waals surface area contributed by atoms with Crippen LogP contribution in [0.1, 0.15) is 52.4 Å². The lowest BCUT2D eigenvalue weighted by molar-refractivity contribution is 0.146. The van der Waals surface area contributed by atoms with Crippen LogP contribution in [0.2, 0.25) is 0 Å². The molecule has 0 saturated heterocycles. The van der Waals surface area contributed by atoms with E-state index in [2.05, 4.69) is 13.8 Å². The van der Waals surface area contributed by atoms with Gasteiger partial charge in [0.15, 0.2) is 0 Å². The Morgan fingerprint density at radius 1 is 1.27 bits per heavy atom. The molecule has 1 heteroatoms. The second kappa shape index (κ2) is 3.57. The Hall–Kier alpha value is -0.0400. The molecule has 0 aromatic heterocycles. The van der Waals surface area contributed by atoms with Crippen molar-refractivity contribution in [3.8, 4) is 0 Å². The summed E-state index contributed by atoms with van der Waals surface area (Å²) in [6.07, 6.45) is 8.21. The van der Waals surface area contributed by atoms with Gasteiger partial charge in [0, 0.05) is 6.04 Å². The summed E-state index contributed by atoms with van der Waals surface area (Å²) in [6, 6.07) is 0.396. The summed E-state index contributed by atoms with van der Waals surface area (Å²) >= 11 is 0. The third kappa shape index (κ3) is 1.76. The summed E-state index contributed by atoms with van der Waals surface area (Å²) in [7, 11) is 0. The van der Waals surface area contributed by atoms with Gasteiger partial charge in [0.05, 0.1) is 0 Å². The molecule has 66 valence electrons. The predicted molar refractivity (Wildman–Crippen MR) is 49.5 cm³/mol. The maximum absolute atomic E-state index is 6.01. The van der Waals surface area contributed by atoms with Crippen LogP contribution < -0.4 is 5.73 Å². The van der Waals surface area contributed by atoms with Gasteiger partial charge in [-0.05, 0) is 31.6 Å². The highest BCUT2D eigenvalue weighted by Gasteiger charge is 2.33. The van der Waals surface area contributed by atoms with Crippen molar-refractivity contribution in [3.05, 3.63) is 0 Å². The smallest absolute Gasteiger partial charge is 0.00669 e. The van der Waals surface area contributed by atoms with Gasteiger partial charge in [-0.15, -0.1) is 0 Å². The molecule has 0 radical (unpaired) electrons. The molecule has 11 heavy (non-hydrogen) atoms. The third-order valence-corrected chi connectivity index (χ3v) is 3.52. The van der Waals surface area contributed by atoms with E-state index in [1.807, 2.05) is 0 Å². The standard InChI is InChI=1S/C10H21N/c1-3-10(9(2)11)7-5-4-6-8-10/h9H,3-8,11H2,1-2H3. The van der Waals surface area contributed by atoms with E-state index < -0.39 is 0 Å². The van der Waals surface area contributed by atoms with Crippen molar-refractivity contribution < 1.29 is 0 Å². The Labute approximate surface area is 70.4 Å². The quantitative estimate of drug-likeness (QED) is 0.652. The van der Waals surface area contributed by atoms with Crippen LogP contribution in [0.3, 0.4) is 0 Å². The summed E-state index contributed by atoms with van der Waals surface area (Å²) in [4.78, 5) is 0. The minimum atomic E-state index is 0.396. The van der Waals surface area contributed by atoms with E-state index in [-0.39, 0.29) is 0 Å². The SMILES string of the molecule is CCC1(C(C)N)CCCCC1. The molecule has 0 spiro atoms. The first-order valence-electron chi connectivity index (χ1n) is 4.97. The fourth-order valence-corrected chi connectivity index (χ4v) is 2.39. The molecule has 1 rings (SSSR count). The van der Waals surface area contributed by atoms with Gasteiger partial charge in [-0.1, -0.05) is 26.2 Å². The largest absolute Gasteiger partial charge is 0.327 e. The molecule has 0 heterocycles. The van der Waals surface area contributed by atoms with Crippen LogP contribution in [0.5, 0.6) is 0 Å². The van der Waals surface area contributed by atoms with Gasteiger partial charge >= 0.3 is 0 Å². The topological polar surface area (TPSA) is 26.0 Å². The van der Waals surface area contributed by atoms with Crippen LogP contribution in [0, 0.1) is 5.41 Å². The van der Waals surface area contributed by atoms with E-state index in [4.69, 9.17) is 5.73 Å². The van der Waals surface area contributed by atoms with Crippen molar-refractivity contribution in [2.24, 2.45) is 11.1 Å². The lowest BCUT2D eigenvalue weighted by atomic mass is 9.68. The average molecular weight is 155 g/mol. The van der Waals surface area contributed by atoms with Crippen LogP contribution in [-0.4, -0.2) is 6.04 Å². The zero-order chi connectivity index (χ0) is 8.32. The van der Waals surface area contributed by atoms with Crippen molar-refractivity contribution in [3.63, 3.8) is 0 Å². The van der Waals surface area contributed by atoms with Crippen LogP contribution in [0.25, 0.3) is 0 Å². The second-order valence-corrected chi connectivity index (χ2v) is 4.07. The normalized spacial score (nSPS) is 26.5. The molecule has 0 aliphatic heterocycles. The fraction of sp³-hybridized carbons (Fsp3) is 1.00. The molecule has 0 aromatic carbocycles. The number of rotatable bonds is 2. The first-order valence-corrected chi connectivity index (χ1v) is 4.97. The highest BCUT2D eigenvalue weighted by molar-refractivity contribution is 4.87. The van der Waals surface area contributed by atoms with E-state index in [0.29, 0.717) is 11.5 Å². The summed E-state index contributed by atoms with van der Waals surface area (Å²) in [5, 5.41) is 0. The molecular weight excluding hydrogens is 134 g/mol. The van der Waals surface area contributed by atoms with Crippen LogP contribution in [-0.2, 0) is 0 Å². The summed E-state index contributed by atoms with van der Waals surface area (Å²) < 4.78 is 0. The lowest BCUT2D eigenvalue weighted by Crippen LogP contribution is -2.40. The first kappa shape index (κ1) is 9.05. The van der Waals surface area contributed by atoms with Crippen LogP contribution >= 0.6 is 0 Å². The molecule has 1 fully saturated rings. The number of hydrogen-bond donors (Lipinski definition) is 1. The molecule has 1 nitrogen and oxygen atoms in total. The zero-order valence-corrected chi connectivity index (χ0v) is 7.90. The molecule has 2 N–H and O–H groups in total. The van der Waals surface area contributed by atoms with E-state index in [1.165, 1.54) is 38.5 Å². The van der Waals surface area contributed by atoms with Gasteiger partial charge in [0.2, 0.25) is 0 Å². The van der Waals surface area contributed by atoms with Gasteiger partial charge in [0.1, 0.15) is 0 Å². The highest BCUT2D eigenvalue weighted by Crippen LogP contribution is 2.41. The molecular formula is C10H21N. The zero-order valence-electron chi connectivity index (χ0n) is 7.90. The van der Waals surface area contributed by atoms with Crippen molar-refractivity contribution in [1.29, 1.82) is 0 Å². The highest BCUT2D eigenvalue weighted by atomic mass is 14.7. The third-order valence-electron chi connectivity index (χ3n) is 3.52. The predicted octanol–water partition coefficient (Wildman–Crippen LogP) is 2.69. The maximum Gasteiger partial charge on any atom is 0.00669 e. The fourth-order valence-electron chi connectivity index (χ4n) is 2.39. The van der Waals surface area contributed by atoms with E-state index in [9.17, 15) is 0 Å². The van der Waals surface area contributed by atoms with Gasteiger partial charge in [-0.3, -0.25) is 0 Å². The summed E-state index contributed by atoms with van der Waals surface area (Å²) in [6.45, 7) is 4.46. The molecule has 0 amide bonds. The summed E-state index contributed by atoms with van der Waals surface area (Å²) in [5.74, 6) is 0. The number of hydrogen-bond acceptors (Lipinski definition) is 1. The maximum atomic E-state index is 6.01. The Kier molecular flexibility index (Phi) is 2.94. The van der Waals surface area contributed by atoms with Gasteiger partial charge < -0.3 is 5.73 Å². The van der Waals surface area contributed by atoms with Crippen LogP contribution in [0.15, 0.2) is 0 Å². The molecule has 1 atom stereocenters. The van der Waals surface area contributed by atoms with Crippen LogP contribution in [0.4, 0.5) is 0 Å². The van der Waals surface area contributed by atoms with Gasteiger partial charge in [-0.25, -0.2) is 0 Å². The molecule has 0 bridgehead atoms. The number of nitrogens with two attached hydrogens (primary N) is 1. The first-order chi connectivity index (χ1) is 5.21. The molecule has 1 aliphatic rings. The minimum Gasteiger partial charge on any atom is -0.327 e. The van der Waals surface area contributed by atoms with Crippen molar-refractivity contribution >= 4 is 0 Å². The Bertz CT molecular complexity index is 112. The monoisotopic (exact) mass is 155 g/mol. The van der Waals surface area contributed by atoms with Crippen molar-refractivity contribution in [2.75, 3.05) is 0 Å². The molecule has 1 unspecified atom stereocenters. The Morgan fingerprint density at radius 3 is 2.09 bits per heavy atom. The van der Waals surface area contributed by atoms with Crippen molar-refractivity contribution in [1.82, 2.24) is 0 Å². The molecule has 1 saturated carbocycles. The van der Waals surface area contributed by atoms with E-state index in [1.54, 1.807) is 0 Å². The molecule has 0 aromatic rings. The van der Waals surface area contributed by atoms with Gasteiger partial charge in [-0.2, -0.15) is 0 Å². The Morgan fingerprint density at radius 2 is 1.82 bits per heavy atom. The minimum absolute atomic E-state index is 0.396. The van der Waals surface area contributed by atoms with Gasteiger partial charge in [0.25, 0.3) is 0 Å². The molecule has 1 aliphatic carbocycles. The van der Waals surface area contributed by atoms with Crippen molar-refractivity contribution in [2.45, 2.75) is 58.4 Å². The second-order valence-electron chi connectivity index (χ2n) is 4.07. The average Bonchev–Trinajstić information content (AvgIpc) is 2.05. The Balaban J connectivity index is 2.57. The summed E-state index contributed by atoms with van der Waals surface area (Å²) in [5.41, 5.74) is 6.51. The lowest BCUT2D eigenvalue weighted by Gasteiger charge is -2.40. The van der Waals surface area contributed by atoms with E-state index in [0.717, 1.165) is 0 Å².